The van der Waals surface area contributed by atoms with Crippen LogP contribution < -0.4 is 5.32 Å². The van der Waals surface area contributed by atoms with Crippen molar-refractivity contribution in [3.05, 3.63) is 71.1 Å². The maximum Gasteiger partial charge on any atom is 0.256 e. The Morgan fingerprint density at radius 2 is 1.85 bits per heavy atom. The number of amides is 1. The van der Waals surface area contributed by atoms with E-state index in [1.54, 1.807) is 23.5 Å². The molecule has 3 aromatic rings. The third-order valence-electron chi connectivity index (χ3n) is 4.03. The van der Waals surface area contributed by atoms with Gasteiger partial charge in [0.1, 0.15) is 5.76 Å². The Morgan fingerprint density at radius 1 is 1.12 bits per heavy atom. The first-order valence-electron chi connectivity index (χ1n) is 8.17. The molecule has 1 amide bonds. The lowest BCUT2D eigenvalue weighted by Crippen LogP contribution is -2.12. The van der Waals surface area contributed by atoms with Crippen LogP contribution in [0.25, 0.3) is 0 Å². The Kier molecular flexibility index (Phi) is 6.06. The minimum Gasteiger partial charge on any atom is -0.361 e. The molecule has 0 aliphatic heterocycles. The van der Waals surface area contributed by atoms with Gasteiger partial charge in [0, 0.05) is 26.8 Å². The molecule has 26 heavy (non-hydrogen) atoms. The number of carbonyl (C=O) groups is 1. The van der Waals surface area contributed by atoms with E-state index in [2.05, 4.69) is 10.5 Å². The van der Waals surface area contributed by atoms with Crippen LogP contribution in [0, 0.1) is 13.8 Å². The number of aryl methyl sites for hydroxylation is 2. The second kappa shape index (κ2) is 8.47. The number of benzene rings is 2. The third-order valence-corrected chi connectivity index (χ3v) is 5.88. The normalized spacial score (nSPS) is 10.7. The quantitative estimate of drug-likeness (QED) is 0.564. The van der Waals surface area contributed by atoms with Crippen LogP contribution in [0.2, 0.25) is 0 Å². The number of carbonyl (C=O) groups excluding carboxylic acids is 1. The van der Waals surface area contributed by atoms with Crippen LogP contribution in [0.15, 0.2) is 62.8 Å². The van der Waals surface area contributed by atoms with E-state index in [0.717, 1.165) is 27.6 Å². The summed E-state index contributed by atoms with van der Waals surface area (Å²) in [5, 5.41) is 6.96. The molecule has 2 aromatic carbocycles. The SMILES string of the molecule is CSc1ccc(NC(=O)c2ccccc2SCc2c(C)noc2C)cc1. The van der Waals surface area contributed by atoms with Crippen molar-refractivity contribution in [3.63, 3.8) is 0 Å². The standard InChI is InChI=1S/C20H20N2O2S2/c1-13-18(14(2)24-22-13)12-26-19-7-5-4-6-17(19)20(23)21-15-8-10-16(25-3)11-9-15/h4-11H,12H2,1-3H3,(H,21,23). The van der Waals surface area contributed by atoms with Gasteiger partial charge in [0.15, 0.2) is 0 Å². The third kappa shape index (κ3) is 4.31. The molecular formula is C20H20N2O2S2. The van der Waals surface area contributed by atoms with Crippen LogP contribution in [-0.4, -0.2) is 17.3 Å². The first kappa shape index (κ1) is 18.6. The van der Waals surface area contributed by atoms with E-state index in [1.807, 2.05) is 68.6 Å². The van der Waals surface area contributed by atoms with Gasteiger partial charge in [-0.1, -0.05) is 17.3 Å². The number of anilines is 1. The van der Waals surface area contributed by atoms with Gasteiger partial charge in [-0.25, -0.2) is 0 Å². The number of nitrogens with zero attached hydrogens (tertiary/aromatic N) is 1. The second-order valence-electron chi connectivity index (χ2n) is 5.77. The van der Waals surface area contributed by atoms with Crippen LogP contribution in [0.5, 0.6) is 0 Å². The topological polar surface area (TPSA) is 55.1 Å². The smallest absolute Gasteiger partial charge is 0.256 e. The van der Waals surface area contributed by atoms with Crippen LogP contribution in [-0.2, 0) is 5.75 Å². The van der Waals surface area contributed by atoms with Crippen molar-refractivity contribution >= 4 is 35.1 Å². The average Bonchev–Trinajstić information content (AvgIpc) is 2.98. The first-order valence-corrected chi connectivity index (χ1v) is 10.4. The van der Waals surface area contributed by atoms with Crippen molar-refractivity contribution in [1.29, 1.82) is 0 Å². The van der Waals surface area contributed by atoms with Gasteiger partial charge in [0.05, 0.1) is 11.3 Å². The number of rotatable bonds is 6. The molecule has 0 radical (unpaired) electrons. The fraction of sp³-hybridized carbons (Fsp3) is 0.200. The highest BCUT2D eigenvalue weighted by molar-refractivity contribution is 7.98. The van der Waals surface area contributed by atoms with Gasteiger partial charge in [-0.05, 0) is 56.5 Å². The van der Waals surface area contributed by atoms with Crippen molar-refractivity contribution in [2.45, 2.75) is 29.4 Å². The Bertz CT molecular complexity index is 885. The zero-order chi connectivity index (χ0) is 18.5. The maximum absolute atomic E-state index is 12.7. The Morgan fingerprint density at radius 3 is 2.50 bits per heavy atom. The van der Waals surface area contributed by atoms with E-state index < -0.39 is 0 Å². The van der Waals surface area contributed by atoms with E-state index in [9.17, 15) is 4.79 Å². The summed E-state index contributed by atoms with van der Waals surface area (Å²) in [6.45, 7) is 3.84. The molecule has 0 aliphatic rings. The summed E-state index contributed by atoms with van der Waals surface area (Å²) in [7, 11) is 0. The number of thioether (sulfide) groups is 2. The minimum absolute atomic E-state index is 0.108. The maximum atomic E-state index is 12.7. The molecular weight excluding hydrogens is 364 g/mol. The molecule has 1 aromatic heterocycles. The van der Waals surface area contributed by atoms with E-state index >= 15 is 0 Å². The van der Waals surface area contributed by atoms with Crippen molar-refractivity contribution in [2.75, 3.05) is 11.6 Å². The zero-order valence-corrected chi connectivity index (χ0v) is 16.5. The predicted molar refractivity (Wildman–Crippen MR) is 108 cm³/mol. The molecule has 134 valence electrons. The first-order chi connectivity index (χ1) is 12.6. The molecule has 1 N–H and O–H groups in total. The van der Waals surface area contributed by atoms with Gasteiger partial charge in [0.2, 0.25) is 0 Å². The van der Waals surface area contributed by atoms with Crippen molar-refractivity contribution in [1.82, 2.24) is 5.16 Å². The largest absolute Gasteiger partial charge is 0.361 e. The van der Waals surface area contributed by atoms with Crippen LogP contribution in [0.1, 0.15) is 27.4 Å². The Balaban J connectivity index is 1.74. The van der Waals surface area contributed by atoms with Gasteiger partial charge in [-0.2, -0.15) is 0 Å². The summed E-state index contributed by atoms with van der Waals surface area (Å²) >= 11 is 3.29. The fourth-order valence-corrected chi connectivity index (χ4v) is 4.12. The predicted octanol–water partition coefficient (Wildman–Crippen LogP) is 5.56. The molecule has 0 fully saturated rings. The Labute approximate surface area is 161 Å². The summed E-state index contributed by atoms with van der Waals surface area (Å²) < 4.78 is 5.21. The molecule has 0 saturated carbocycles. The van der Waals surface area contributed by atoms with Gasteiger partial charge in [-0.15, -0.1) is 23.5 Å². The lowest BCUT2D eigenvalue weighted by molar-refractivity contribution is 0.102. The van der Waals surface area contributed by atoms with Gasteiger partial charge >= 0.3 is 0 Å². The summed E-state index contributed by atoms with van der Waals surface area (Å²) in [5.74, 6) is 1.43. The molecule has 0 saturated heterocycles. The summed E-state index contributed by atoms with van der Waals surface area (Å²) in [4.78, 5) is 14.8. The molecule has 0 bridgehead atoms. The van der Waals surface area contributed by atoms with Crippen molar-refractivity contribution < 1.29 is 9.32 Å². The van der Waals surface area contributed by atoms with Gasteiger partial charge in [-0.3, -0.25) is 4.79 Å². The summed E-state index contributed by atoms with van der Waals surface area (Å²) in [6.07, 6.45) is 2.03. The van der Waals surface area contributed by atoms with Gasteiger partial charge < -0.3 is 9.84 Å². The van der Waals surface area contributed by atoms with Crippen molar-refractivity contribution in [3.8, 4) is 0 Å². The van der Waals surface area contributed by atoms with E-state index in [0.29, 0.717) is 11.3 Å². The van der Waals surface area contributed by atoms with Crippen LogP contribution in [0.3, 0.4) is 0 Å². The number of hydrogen-bond acceptors (Lipinski definition) is 5. The van der Waals surface area contributed by atoms with Crippen molar-refractivity contribution in [2.24, 2.45) is 0 Å². The monoisotopic (exact) mass is 384 g/mol. The fourth-order valence-electron chi connectivity index (χ4n) is 2.51. The van der Waals surface area contributed by atoms with Crippen LogP contribution >= 0.6 is 23.5 Å². The second-order valence-corrected chi connectivity index (χ2v) is 7.67. The zero-order valence-electron chi connectivity index (χ0n) is 14.9. The molecule has 0 aliphatic carbocycles. The molecule has 4 nitrogen and oxygen atoms in total. The van der Waals surface area contributed by atoms with E-state index in [4.69, 9.17) is 4.52 Å². The van der Waals surface area contributed by atoms with Crippen LogP contribution in [0.4, 0.5) is 5.69 Å². The highest BCUT2D eigenvalue weighted by Gasteiger charge is 2.14. The highest BCUT2D eigenvalue weighted by Crippen LogP contribution is 2.29. The highest BCUT2D eigenvalue weighted by atomic mass is 32.2. The molecule has 0 unspecified atom stereocenters. The summed E-state index contributed by atoms with van der Waals surface area (Å²) in [5.41, 5.74) is 3.43. The average molecular weight is 385 g/mol. The lowest BCUT2D eigenvalue weighted by Gasteiger charge is -2.10. The van der Waals surface area contributed by atoms with E-state index in [1.165, 1.54) is 4.90 Å². The summed E-state index contributed by atoms with van der Waals surface area (Å²) in [6, 6.07) is 15.5. The molecule has 0 spiro atoms. The molecule has 3 rings (SSSR count). The molecule has 1 heterocycles. The Hall–Kier alpha value is -2.18. The van der Waals surface area contributed by atoms with Gasteiger partial charge in [0.25, 0.3) is 5.91 Å². The van der Waals surface area contributed by atoms with E-state index in [-0.39, 0.29) is 5.91 Å². The molecule has 0 atom stereocenters. The molecule has 6 heteroatoms. The minimum atomic E-state index is -0.108. The number of aromatic nitrogens is 1. The lowest BCUT2D eigenvalue weighted by atomic mass is 10.2. The number of hydrogen-bond donors (Lipinski definition) is 1. The number of nitrogens with one attached hydrogen (secondary N) is 1.